The van der Waals surface area contributed by atoms with Crippen molar-refractivity contribution < 1.29 is 0 Å². The summed E-state index contributed by atoms with van der Waals surface area (Å²) in [5, 5.41) is 0. The molecule has 0 spiro atoms. The van der Waals surface area contributed by atoms with Crippen molar-refractivity contribution in [1.29, 1.82) is 0 Å². The van der Waals surface area contributed by atoms with E-state index < -0.39 is 0 Å². The minimum atomic E-state index is 0.613. The maximum atomic E-state index is 5.49. The number of hydrogen-bond acceptors (Lipinski definition) is 2. The molecule has 2 N–H and O–H groups in total. The van der Waals surface area contributed by atoms with E-state index in [4.69, 9.17) is 5.73 Å². The lowest BCUT2D eigenvalue weighted by molar-refractivity contribution is 1.01. The number of anilines is 1. The lowest BCUT2D eigenvalue weighted by Gasteiger charge is -2.00. The van der Waals surface area contributed by atoms with E-state index in [2.05, 4.69) is 11.9 Å². The second-order valence-corrected chi connectivity index (χ2v) is 2.35. The number of hydrogen-bond donors (Lipinski definition) is 1. The molecule has 10 heavy (non-hydrogen) atoms. The molecular formula is C8H12N2. The van der Waals surface area contributed by atoms with E-state index in [1.165, 1.54) is 5.56 Å². The van der Waals surface area contributed by atoms with Gasteiger partial charge in [0.1, 0.15) is 5.82 Å². The van der Waals surface area contributed by atoms with Crippen molar-refractivity contribution in [3.05, 3.63) is 23.4 Å². The number of nitrogen functional groups attached to an aromatic ring is 1. The molecule has 0 fully saturated rings. The molecule has 1 heterocycles. The van der Waals surface area contributed by atoms with Gasteiger partial charge in [0.15, 0.2) is 0 Å². The molecule has 1 aromatic heterocycles. The van der Waals surface area contributed by atoms with Crippen LogP contribution >= 0.6 is 0 Å². The van der Waals surface area contributed by atoms with Crippen LogP contribution in [0.15, 0.2) is 12.1 Å². The van der Waals surface area contributed by atoms with E-state index in [1.54, 1.807) is 0 Å². The van der Waals surface area contributed by atoms with Crippen molar-refractivity contribution in [3.8, 4) is 0 Å². The minimum Gasteiger partial charge on any atom is -0.384 e. The molecule has 1 rings (SSSR count). The van der Waals surface area contributed by atoms with E-state index in [-0.39, 0.29) is 0 Å². The maximum Gasteiger partial charge on any atom is 0.123 e. The fourth-order valence-corrected chi connectivity index (χ4v) is 0.946. The second kappa shape index (κ2) is 2.69. The quantitative estimate of drug-likeness (QED) is 0.636. The van der Waals surface area contributed by atoms with Gasteiger partial charge in [0, 0.05) is 5.69 Å². The third kappa shape index (κ3) is 1.26. The molecular weight excluding hydrogens is 124 g/mol. The SMILES string of the molecule is CCc1nc(N)ccc1C. The Balaban J connectivity index is 3.09. The largest absolute Gasteiger partial charge is 0.384 e. The highest BCUT2D eigenvalue weighted by molar-refractivity contribution is 5.33. The molecule has 0 aliphatic heterocycles. The first kappa shape index (κ1) is 7.06. The van der Waals surface area contributed by atoms with Crippen LogP contribution in [0.1, 0.15) is 18.2 Å². The van der Waals surface area contributed by atoms with Crippen molar-refractivity contribution in [3.63, 3.8) is 0 Å². The number of nitrogens with zero attached hydrogens (tertiary/aromatic N) is 1. The number of aryl methyl sites for hydroxylation is 2. The fourth-order valence-electron chi connectivity index (χ4n) is 0.946. The summed E-state index contributed by atoms with van der Waals surface area (Å²) < 4.78 is 0. The summed E-state index contributed by atoms with van der Waals surface area (Å²) in [6, 6.07) is 3.83. The van der Waals surface area contributed by atoms with Gasteiger partial charge in [0.25, 0.3) is 0 Å². The van der Waals surface area contributed by atoms with E-state index in [0.717, 1.165) is 12.1 Å². The van der Waals surface area contributed by atoms with Gasteiger partial charge in [-0.15, -0.1) is 0 Å². The zero-order valence-corrected chi connectivity index (χ0v) is 6.39. The monoisotopic (exact) mass is 136 g/mol. The zero-order chi connectivity index (χ0) is 7.56. The predicted octanol–water partition coefficient (Wildman–Crippen LogP) is 1.53. The first-order chi connectivity index (χ1) is 4.74. The number of nitrogens with two attached hydrogens (primary N) is 1. The molecule has 0 amide bonds. The molecule has 2 heteroatoms. The van der Waals surface area contributed by atoms with Gasteiger partial charge < -0.3 is 5.73 Å². The predicted molar refractivity (Wildman–Crippen MR) is 42.8 cm³/mol. The summed E-state index contributed by atoms with van der Waals surface area (Å²) in [6.45, 7) is 4.13. The van der Waals surface area contributed by atoms with Gasteiger partial charge in [-0.3, -0.25) is 0 Å². The standard InChI is InChI=1S/C8H12N2/c1-3-7-6(2)4-5-8(9)10-7/h4-5H,3H2,1-2H3,(H2,9,10). The van der Waals surface area contributed by atoms with Gasteiger partial charge in [-0.2, -0.15) is 0 Å². The molecule has 0 aliphatic carbocycles. The number of pyridine rings is 1. The van der Waals surface area contributed by atoms with Gasteiger partial charge in [-0.05, 0) is 25.0 Å². The van der Waals surface area contributed by atoms with Crippen LogP contribution < -0.4 is 5.73 Å². The van der Waals surface area contributed by atoms with E-state index in [1.807, 2.05) is 19.1 Å². The number of rotatable bonds is 1. The highest BCUT2D eigenvalue weighted by atomic mass is 14.8. The van der Waals surface area contributed by atoms with E-state index >= 15 is 0 Å². The summed E-state index contributed by atoms with van der Waals surface area (Å²) in [5.74, 6) is 0.613. The van der Waals surface area contributed by atoms with Crippen LogP contribution in [0.5, 0.6) is 0 Å². The molecule has 0 aromatic carbocycles. The molecule has 0 radical (unpaired) electrons. The van der Waals surface area contributed by atoms with Crippen molar-refractivity contribution in [2.24, 2.45) is 0 Å². The second-order valence-electron chi connectivity index (χ2n) is 2.35. The van der Waals surface area contributed by atoms with Crippen LogP contribution in [0.3, 0.4) is 0 Å². The van der Waals surface area contributed by atoms with Crippen LogP contribution in [0.2, 0.25) is 0 Å². The van der Waals surface area contributed by atoms with Crippen molar-refractivity contribution >= 4 is 5.82 Å². The molecule has 0 atom stereocenters. The molecule has 0 saturated carbocycles. The summed E-state index contributed by atoms with van der Waals surface area (Å²) in [4.78, 5) is 4.17. The lowest BCUT2D eigenvalue weighted by Crippen LogP contribution is -1.96. The first-order valence-corrected chi connectivity index (χ1v) is 3.46. The van der Waals surface area contributed by atoms with Gasteiger partial charge in [-0.25, -0.2) is 4.98 Å². The Labute approximate surface area is 61.1 Å². The van der Waals surface area contributed by atoms with Crippen molar-refractivity contribution in [1.82, 2.24) is 4.98 Å². The zero-order valence-electron chi connectivity index (χ0n) is 6.39. The van der Waals surface area contributed by atoms with Crippen molar-refractivity contribution in [2.45, 2.75) is 20.3 Å². The fraction of sp³-hybridized carbons (Fsp3) is 0.375. The molecule has 1 aromatic rings. The third-order valence-electron chi connectivity index (χ3n) is 1.56. The van der Waals surface area contributed by atoms with Gasteiger partial charge in [0.05, 0.1) is 0 Å². The Kier molecular flexibility index (Phi) is 1.90. The maximum absolute atomic E-state index is 5.49. The Morgan fingerprint density at radius 2 is 2.20 bits per heavy atom. The lowest BCUT2D eigenvalue weighted by atomic mass is 10.2. The molecule has 2 nitrogen and oxygen atoms in total. The van der Waals surface area contributed by atoms with Crippen LogP contribution in [0, 0.1) is 6.92 Å². The molecule has 0 bridgehead atoms. The van der Waals surface area contributed by atoms with Crippen LogP contribution in [-0.2, 0) is 6.42 Å². The average molecular weight is 136 g/mol. The van der Waals surface area contributed by atoms with Crippen molar-refractivity contribution in [2.75, 3.05) is 5.73 Å². The molecule has 0 aliphatic rings. The van der Waals surface area contributed by atoms with Gasteiger partial charge in [0.2, 0.25) is 0 Å². The summed E-state index contributed by atoms with van der Waals surface area (Å²) in [5.41, 5.74) is 7.81. The van der Waals surface area contributed by atoms with E-state index in [9.17, 15) is 0 Å². The molecule has 54 valence electrons. The van der Waals surface area contributed by atoms with Crippen LogP contribution in [-0.4, -0.2) is 4.98 Å². The minimum absolute atomic E-state index is 0.613. The Hall–Kier alpha value is -1.05. The van der Waals surface area contributed by atoms with E-state index in [0.29, 0.717) is 5.82 Å². The Morgan fingerprint density at radius 1 is 1.50 bits per heavy atom. The third-order valence-corrected chi connectivity index (χ3v) is 1.56. The van der Waals surface area contributed by atoms with Crippen LogP contribution in [0.4, 0.5) is 5.82 Å². The highest BCUT2D eigenvalue weighted by Crippen LogP contribution is 2.07. The van der Waals surface area contributed by atoms with Gasteiger partial charge in [-0.1, -0.05) is 13.0 Å². The smallest absolute Gasteiger partial charge is 0.123 e. The van der Waals surface area contributed by atoms with Gasteiger partial charge >= 0.3 is 0 Å². The first-order valence-electron chi connectivity index (χ1n) is 3.46. The molecule has 0 unspecified atom stereocenters. The Morgan fingerprint density at radius 3 is 2.70 bits per heavy atom. The summed E-state index contributed by atoms with van der Waals surface area (Å²) >= 11 is 0. The normalized spacial score (nSPS) is 9.80. The Bertz CT molecular complexity index is 231. The number of aromatic nitrogens is 1. The van der Waals surface area contributed by atoms with Crippen LogP contribution in [0.25, 0.3) is 0 Å². The summed E-state index contributed by atoms with van der Waals surface area (Å²) in [6.07, 6.45) is 0.955. The average Bonchev–Trinajstić information content (AvgIpc) is 1.94. The topological polar surface area (TPSA) is 38.9 Å². The highest BCUT2D eigenvalue weighted by Gasteiger charge is 1.95. The summed E-state index contributed by atoms with van der Waals surface area (Å²) in [7, 11) is 0. The molecule has 0 saturated heterocycles.